The summed E-state index contributed by atoms with van der Waals surface area (Å²) in [6.07, 6.45) is 0.298. The minimum atomic E-state index is -0.940. The fourth-order valence-electron chi connectivity index (χ4n) is 2.43. The lowest BCUT2D eigenvalue weighted by Gasteiger charge is -2.18. The van der Waals surface area contributed by atoms with E-state index >= 15 is 0 Å². The number of rotatable bonds is 5. The summed E-state index contributed by atoms with van der Waals surface area (Å²) in [4.78, 5) is 23.1. The maximum Gasteiger partial charge on any atom is 0.311 e. The van der Waals surface area contributed by atoms with Crippen LogP contribution in [0.5, 0.6) is 0 Å². The number of benzene rings is 1. The molecule has 1 aromatic carbocycles. The highest BCUT2D eigenvalue weighted by atomic mass is 16.5. The number of carbonyl (C=O) groups is 2. The lowest BCUT2D eigenvalue weighted by Crippen LogP contribution is -2.42. The monoisotopic (exact) mass is 292 g/mol. The Hall–Kier alpha value is -2.08. The smallest absolute Gasteiger partial charge is 0.311 e. The van der Waals surface area contributed by atoms with Gasteiger partial charge < -0.3 is 20.9 Å². The zero-order valence-corrected chi connectivity index (χ0v) is 11.9. The molecule has 0 aromatic heterocycles. The largest absolute Gasteiger partial charge is 0.481 e. The molecule has 6 heteroatoms. The van der Waals surface area contributed by atoms with E-state index in [1.165, 1.54) is 0 Å². The van der Waals surface area contributed by atoms with Gasteiger partial charge in [-0.1, -0.05) is 19.1 Å². The number of aliphatic carboxylic acids is 1. The summed E-state index contributed by atoms with van der Waals surface area (Å²) in [5.74, 6) is -1.73. The summed E-state index contributed by atoms with van der Waals surface area (Å²) in [7, 11) is 0. The second-order valence-corrected chi connectivity index (χ2v) is 5.43. The van der Waals surface area contributed by atoms with E-state index in [1.807, 2.05) is 19.1 Å². The van der Waals surface area contributed by atoms with Gasteiger partial charge in [0.15, 0.2) is 0 Å². The minimum absolute atomic E-state index is 0.0381. The molecule has 0 radical (unpaired) electrons. The van der Waals surface area contributed by atoms with Gasteiger partial charge in [-0.25, -0.2) is 0 Å². The van der Waals surface area contributed by atoms with E-state index in [1.54, 1.807) is 12.1 Å². The van der Waals surface area contributed by atoms with E-state index in [-0.39, 0.29) is 25.0 Å². The lowest BCUT2D eigenvalue weighted by atomic mass is 9.96. The second-order valence-electron chi connectivity index (χ2n) is 5.43. The Morgan fingerprint density at radius 3 is 2.67 bits per heavy atom. The van der Waals surface area contributed by atoms with Gasteiger partial charge in [-0.15, -0.1) is 0 Å². The molecule has 0 saturated carbocycles. The first-order chi connectivity index (χ1) is 9.97. The van der Waals surface area contributed by atoms with Crippen LogP contribution in [0.3, 0.4) is 0 Å². The zero-order chi connectivity index (χ0) is 15.4. The van der Waals surface area contributed by atoms with Crippen LogP contribution in [0.1, 0.15) is 24.8 Å². The number of carbonyl (C=O) groups excluding carboxylic acids is 1. The van der Waals surface area contributed by atoms with E-state index in [4.69, 9.17) is 15.6 Å². The van der Waals surface area contributed by atoms with E-state index in [2.05, 4.69) is 5.32 Å². The molecule has 1 aromatic rings. The van der Waals surface area contributed by atoms with E-state index in [0.717, 1.165) is 5.56 Å². The SMILES string of the molecule is CC(CC(=O)NC1COCC1C(=O)O)c1ccc(N)cc1. The van der Waals surface area contributed by atoms with Gasteiger partial charge in [-0.2, -0.15) is 0 Å². The minimum Gasteiger partial charge on any atom is -0.481 e. The van der Waals surface area contributed by atoms with Crippen molar-refractivity contribution >= 4 is 17.6 Å². The standard InChI is InChI=1S/C15H20N2O4/c1-9(10-2-4-11(16)5-3-10)6-14(18)17-13-8-21-7-12(13)15(19)20/h2-5,9,12-13H,6-8,16H2,1H3,(H,17,18)(H,19,20). The topological polar surface area (TPSA) is 102 Å². The summed E-state index contributed by atoms with van der Waals surface area (Å²) in [5.41, 5.74) is 7.34. The molecule has 2 rings (SSSR count). The Morgan fingerprint density at radius 2 is 2.05 bits per heavy atom. The molecule has 1 amide bonds. The normalized spacial score (nSPS) is 22.7. The number of hydrogen-bond donors (Lipinski definition) is 3. The van der Waals surface area contributed by atoms with Gasteiger partial charge in [-0.05, 0) is 23.6 Å². The van der Waals surface area contributed by atoms with Crippen molar-refractivity contribution in [3.05, 3.63) is 29.8 Å². The Bertz CT molecular complexity index is 515. The van der Waals surface area contributed by atoms with Gasteiger partial charge in [0.05, 0.1) is 19.3 Å². The maximum atomic E-state index is 12.0. The average Bonchev–Trinajstić information content (AvgIpc) is 2.87. The van der Waals surface area contributed by atoms with Crippen molar-refractivity contribution in [2.45, 2.75) is 25.3 Å². The van der Waals surface area contributed by atoms with Gasteiger partial charge in [-0.3, -0.25) is 9.59 Å². The van der Waals surface area contributed by atoms with Crippen molar-refractivity contribution in [1.82, 2.24) is 5.32 Å². The van der Waals surface area contributed by atoms with E-state index < -0.39 is 17.9 Å². The van der Waals surface area contributed by atoms with E-state index in [0.29, 0.717) is 12.1 Å². The number of ether oxygens (including phenoxy) is 1. The molecular formula is C15H20N2O4. The zero-order valence-electron chi connectivity index (χ0n) is 11.9. The summed E-state index contributed by atoms with van der Waals surface area (Å²) >= 11 is 0. The van der Waals surface area contributed by atoms with Crippen molar-refractivity contribution in [1.29, 1.82) is 0 Å². The maximum absolute atomic E-state index is 12.0. The molecule has 1 saturated heterocycles. The van der Waals surface area contributed by atoms with Crippen LogP contribution in [0.2, 0.25) is 0 Å². The highest BCUT2D eigenvalue weighted by Gasteiger charge is 2.35. The molecule has 1 aliphatic rings. The molecular weight excluding hydrogens is 272 g/mol. The van der Waals surface area contributed by atoms with Crippen molar-refractivity contribution in [2.24, 2.45) is 5.92 Å². The van der Waals surface area contributed by atoms with Crippen LogP contribution in [0.25, 0.3) is 0 Å². The summed E-state index contributed by atoms with van der Waals surface area (Å²) < 4.78 is 5.13. The van der Waals surface area contributed by atoms with Gasteiger partial charge in [0, 0.05) is 12.1 Å². The number of carboxylic acid groups (broad SMARTS) is 1. The Labute approximate surface area is 123 Å². The molecule has 1 fully saturated rings. The van der Waals surface area contributed by atoms with Crippen LogP contribution in [0.4, 0.5) is 5.69 Å². The Balaban J connectivity index is 1.89. The third kappa shape index (κ3) is 3.95. The lowest BCUT2D eigenvalue weighted by molar-refractivity contribution is -0.142. The summed E-state index contributed by atoms with van der Waals surface area (Å²) in [5, 5.41) is 11.8. The van der Waals surface area contributed by atoms with Crippen molar-refractivity contribution in [3.63, 3.8) is 0 Å². The average molecular weight is 292 g/mol. The van der Waals surface area contributed by atoms with Gasteiger partial charge in [0.2, 0.25) is 5.91 Å². The number of hydrogen-bond acceptors (Lipinski definition) is 4. The van der Waals surface area contributed by atoms with Crippen molar-refractivity contribution < 1.29 is 19.4 Å². The molecule has 3 unspecified atom stereocenters. The number of anilines is 1. The molecule has 1 aliphatic heterocycles. The summed E-state index contributed by atoms with van der Waals surface area (Å²) in [6.45, 7) is 2.34. The third-order valence-corrected chi connectivity index (χ3v) is 3.74. The number of carboxylic acids is 1. The van der Waals surface area contributed by atoms with Crippen molar-refractivity contribution in [3.8, 4) is 0 Å². The molecule has 3 atom stereocenters. The fraction of sp³-hybridized carbons (Fsp3) is 0.467. The first-order valence-electron chi connectivity index (χ1n) is 6.92. The second kappa shape index (κ2) is 6.58. The Morgan fingerprint density at radius 1 is 1.38 bits per heavy atom. The molecule has 1 heterocycles. The molecule has 4 N–H and O–H groups in total. The Kier molecular flexibility index (Phi) is 4.80. The van der Waals surface area contributed by atoms with Crippen LogP contribution < -0.4 is 11.1 Å². The first kappa shape index (κ1) is 15.3. The molecule has 0 bridgehead atoms. The highest BCUT2D eigenvalue weighted by molar-refractivity contribution is 5.79. The molecule has 0 aliphatic carbocycles. The van der Waals surface area contributed by atoms with Gasteiger partial charge in [0.25, 0.3) is 0 Å². The number of nitrogen functional groups attached to an aromatic ring is 1. The number of nitrogens with one attached hydrogen (secondary N) is 1. The highest BCUT2D eigenvalue weighted by Crippen LogP contribution is 2.21. The van der Waals surface area contributed by atoms with Crippen LogP contribution >= 0.6 is 0 Å². The fourth-order valence-corrected chi connectivity index (χ4v) is 2.43. The quantitative estimate of drug-likeness (QED) is 0.702. The molecule has 21 heavy (non-hydrogen) atoms. The predicted octanol–water partition coefficient (Wildman–Crippen LogP) is 0.978. The van der Waals surface area contributed by atoms with E-state index in [9.17, 15) is 9.59 Å². The first-order valence-corrected chi connectivity index (χ1v) is 6.92. The summed E-state index contributed by atoms with van der Waals surface area (Å²) in [6, 6.07) is 6.94. The number of amides is 1. The van der Waals surface area contributed by atoms with Crippen LogP contribution in [0, 0.1) is 5.92 Å². The van der Waals surface area contributed by atoms with Crippen LogP contribution in [-0.2, 0) is 14.3 Å². The van der Waals surface area contributed by atoms with Gasteiger partial charge in [0.1, 0.15) is 5.92 Å². The van der Waals surface area contributed by atoms with Crippen molar-refractivity contribution in [2.75, 3.05) is 18.9 Å². The van der Waals surface area contributed by atoms with Crippen LogP contribution in [0.15, 0.2) is 24.3 Å². The molecule has 6 nitrogen and oxygen atoms in total. The van der Waals surface area contributed by atoms with Gasteiger partial charge >= 0.3 is 5.97 Å². The molecule has 0 spiro atoms. The number of nitrogens with two attached hydrogens (primary N) is 1. The molecule has 114 valence electrons. The van der Waals surface area contributed by atoms with Crippen LogP contribution in [-0.4, -0.2) is 36.2 Å². The predicted molar refractivity (Wildman–Crippen MR) is 77.8 cm³/mol. The third-order valence-electron chi connectivity index (χ3n) is 3.74.